The lowest BCUT2D eigenvalue weighted by Crippen LogP contribution is -2.49. The van der Waals surface area contributed by atoms with E-state index in [9.17, 15) is 24.5 Å². The summed E-state index contributed by atoms with van der Waals surface area (Å²) in [6.45, 7) is 2.77. The second kappa shape index (κ2) is 14.5. The summed E-state index contributed by atoms with van der Waals surface area (Å²) in [5.74, 6) is -0.341. The molecule has 3 amide bonds. The predicted octanol–water partition coefficient (Wildman–Crippen LogP) is 5.82. The fraction of sp³-hybridized carbons (Fsp3) is 0.300. The SMILES string of the molecule is O=C1N=C(N2CCN(C(=O)CCCCCN3C(=O)/C(=C/c4ccc(Cl)cc4)SC3=S)CC2)S/C1=C/c1ccc([N+](=O)[O-])cc1. The standard InChI is InChI=1S/C30H28ClN5O5S3/c31-22-9-5-20(6-10-22)19-25-28(39)35(30(42)44-25)13-3-1-2-4-26(37)33-14-16-34(17-15-33)29-32-27(38)24(43-29)18-21-7-11-23(12-8-21)36(40)41/h5-12,18-19H,1-4,13-17H2/b24-18+,25-19-. The highest BCUT2D eigenvalue weighted by Gasteiger charge is 2.32. The number of halogens is 1. The second-order valence-corrected chi connectivity index (χ2v) is 13.3. The van der Waals surface area contributed by atoms with Crippen LogP contribution in [0.1, 0.15) is 36.8 Å². The zero-order valence-corrected chi connectivity index (χ0v) is 26.7. The van der Waals surface area contributed by atoms with Crippen LogP contribution in [0.3, 0.4) is 0 Å². The molecule has 0 bridgehead atoms. The van der Waals surface area contributed by atoms with Crippen LogP contribution in [0.4, 0.5) is 5.69 Å². The van der Waals surface area contributed by atoms with E-state index in [1.807, 2.05) is 28.0 Å². The number of thioether (sulfide) groups is 2. The lowest BCUT2D eigenvalue weighted by molar-refractivity contribution is -0.384. The minimum absolute atomic E-state index is 0.0119. The fourth-order valence-electron chi connectivity index (χ4n) is 4.81. The first-order valence-corrected chi connectivity index (χ1v) is 16.4. The summed E-state index contributed by atoms with van der Waals surface area (Å²) in [7, 11) is 0. The van der Waals surface area contributed by atoms with Crippen molar-refractivity contribution in [3.8, 4) is 0 Å². The van der Waals surface area contributed by atoms with Gasteiger partial charge in [0.2, 0.25) is 5.91 Å². The Morgan fingerprint density at radius 3 is 2.23 bits per heavy atom. The minimum Gasteiger partial charge on any atom is -0.347 e. The predicted molar refractivity (Wildman–Crippen MR) is 179 cm³/mol. The van der Waals surface area contributed by atoms with Gasteiger partial charge in [0.05, 0.1) is 14.7 Å². The maximum Gasteiger partial charge on any atom is 0.286 e. The van der Waals surface area contributed by atoms with Gasteiger partial charge in [0.15, 0.2) is 5.17 Å². The van der Waals surface area contributed by atoms with Crippen LogP contribution in [0, 0.1) is 10.1 Å². The van der Waals surface area contributed by atoms with Crippen molar-refractivity contribution in [2.45, 2.75) is 25.7 Å². The van der Waals surface area contributed by atoms with Crippen molar-refractivity contribution < 1.29 is 19.3 Å². The highest BCUT2D eigenvalue weighted by Crippen LogP contribution is 2.33. The number of rotatable bonds is 9. The molecule has 3 aliphatic heterocycles. The average molecular weight is 670 g/mol. The van der Waals surface area contributed by atoms with Crippen LogP contribution in [-0.2, 0) is 14.4 Å². The number of carbonyl (C=O) groups is 3. The van der Waals surface area contributed by atoms with Crippen molar-refractivity contribution in [2.75, 3.05) is 32.7 Å². The van der Waals surface area contributed by atoms with Crippen molar-refractivity contribution in [2.24, 2.45) is 4.99 Å². The fourth-order valence-corrected chi connectivity index (χ4v) is 7.21. The van der Waals surface area contributed by atoms with Gasteiger partial charge in [-0.05, 0) is 72.1 Å². The monoisotopic (exact) mass is 669 g/mol. The Balaban J connectivity index is 1.01. The Morgan fingerprint density at radius 2 is 1.57 bits per heavy atom. The molecule has 0 atom stereocenters. The number of hydrogen-bond donors (Lipinski definition) is 0. The van der Waals surface area contributed by atoms with Crippen molar-refractivity contribution in [3.05, 3.63) is 84.6 Å². The lowest BCUT2D eigenvalue weighted by Gasteiger charge is -2.35. The third kappa shape index (κ3) is 7.95. The maximum atomic E-state index is 12.8. The maximum absolute atomic E-state index is 12.8. The second-order valence-electron chi connectivity index (χ2n) is 10.2. The number of nitro groups is 1. The number of non-ortho nitro benzene ring substituents is 1. The van der Waals surface area contributed by atoms with E-state index < -0.39 is 4.92 Å². The third-order valence-corrected chi connectivity index (χ3v) is 9.90. The Morgan fingerprint density at radius 1 is 0.932 bits per heavy atom. The van der Waals surface area contributed by atoms with E-state index in [0.717, 1.165) is 24.8 Å². The minimum atomic E-state index is -0.468. The summed E-state index contributed by atoms with van der Waals surface area (Å²) >= 11 is 13.9. The molecule has 0 aliphatic carbocycles. The average Bonchev–Trinajstić information content (AvgIpc) is 3.51. The molecule has 2 aromatic rings. The number of carbonyl (C=O) groups excluding carboxylic acids is 3. The van der Waals surface area contributed by atoms with Crippen LogP contribution in [-0.4, -0.2) is 79.6 Å². The molecule has 0 spiro atoms. The smallest absolute Gasteiger partial charge is 0.286 e. The first kappa shape index (κ1) is 31.9. The molecule has 10 nitrogen and oxygen atoms in total. The molecule has 44 heavy (non-hydrogen) atoms. The van der Waals surface area contributed by atoms with Gasteiger partial charge in [0.1, 0.15) is 4.32 Å². The zero-order chi connectivity index (χ0) is 31.2. The zero-order valence-electron chi connectivity index (χ0n) is 23.5. The topological polar surface area (TPSA) is 116 Å². The normalized spacial score (nSPS) is 19.0. The first-order chi connectivity index (χ1) is 21.2. The number of unbranched alkanes of at least 4 members (excludes halogenated alkanes) is 2. The molecular formula is C30H28ClN5O5S3. The Bertz CT molecular complexity index is 1570. The van der Waals surface area contributed by atoms with E-state index in [1.165, 1.54) is 35.7 Å². The molecule has 0 saturated carbocycles. The van der Waals surface area contributed by atoms with Gasteiger partial charge in [-0.2, -0.15) is 4.99 Å². The van der Waals surface area contributed by atoms with Crippen molar-refractivity contribution in [3.63, 3.8) is 0 Å². The summed E-state index contributed by atoms with van der Waals surface area (Å²) in [6, 6.07) is 13.3. The number of benzene rings is 2. The molecule has 2 aromatic carbocycles. The van der Waals surface area contributed by atoms with Crippen LogP contribution in [0.25, 0.3) is 12.2 Å². The van der Waals surface area contributed by atoms with Gasteiger partial charge < -0.3 is 9.80 Å². The van der Waals surface area contributed by atoms with E-state index in [2.05, 4.69) is 4.99 Å². The van der Waals surface area contributed by atoms with Gasteiger partial charge in [0, 0.05) is 56.3 Å². The molecular weight excluding hydrogens is 642 g/mol. The van der Waals surface area contributed by atoms with Crippen LogP contribution in [0.15, 0.2) is 63.3 Å². The van der Waals surface area contributed by atoms with Crippen LogP contribution >= 0.6 is 47.3 Å². The number of piperazine rings is 1. The number of amidine groups is 1. The van der Waals surface area contributed by atoms with Gasteiger partial charge in [-0.25, -0.2) is 0 Å². The van der Waals surface area contributed by atoms with Crippen LogP contribution in [0.2, 0.25) is 5.02 Å². The lowest BCUT2D eigenvalue weighted by atomic mass is 10.1. The molecule has 3 heterocycles. The van der Waals surface area contributed by atoms with Crippen molar-refractivity contribution in [1.29, 1.82) is 0 Å². The molecule has 2 saturated heterocycles. The molecule has 0 N–H and O–H groups in total. The summed E-state index contributed by atoms with van der Waals surface area (Å²) in [4.78, 5) is 59.2. The number of nitro benzene ring substituents is 1. The van der Waals surface area contributed by atoms with Crippen molar-refractivity contribution in [1.82, 2.24) is 14.7 Å². The van der Waals surface area contributed by atoms with Crippen LogP contribution < -0.4 is 0 Å². The van der Waals surface area contributed by atoms with E-state index in [1.54, 1.807) is 35.2 Å². The largest absolute Gasteiger partial charge is 0.347 e. The molecule has 0 radical (unpaired) electrons. The van der Waals surface area contributed by atoms with E-state index in [0.29, 0.717) is 69.0 Å². The number of thiocarbonyl (C=S) groups is 1. The Kier molecular flexibility index (Phi) is 10.5. The molecule has 3 aliphatic rings. The number of aliphatic imine (C=N–C) groups is 1. The van der Waals surface area contributed by atoms with Gasteiger partial charge in [0.25, 0.3) is 17.5 Å². The molecule has 2 fully saturated rings. The quantitative estimate of drug-likeness (QED) is 0.107. The van der Waals surface area contributed by atoms with Crippen molar-refractivity contribution >= 4 is 92.4 Å². The number of amides is 3. The van der Waals surface area contributed by atoms with E-state index in [4.69, 9.17) is 23.8 Å². The van der Waals surface area contributed by atoms with Crippen LogP contribution in [0.5, 0.6) is 0 Å². The highest BCUT2D eigenvalue weighted by molar-refractivity contribution is 8.26. The first-order valence-electron chi connectivity index (χ1n) is 14.0. The Labute approximate surface area is 273 Å². The molecule has 0 aromatic heterocycles. The summed E-state index contributed by atoms with van der Waals surface area (Å²) in [5, 5.41) is 12.1. The van der Waals surface area contributed by atoms with Gasteiger partial charge in [-0.3, -0.25) is 29.4 Å². The van der Waals surface area contributed by atoms with E-state index in [-0.39, 0.29) is 23.4 Å². The Hall–Kier alpha value is -3.52. The molecule has 228 valence electrons. The number of nitrogens with zero attached hydrogens (tertiary/aromatic N) is 5. The van der Waals surface area contributed by atoms with Gasteiger partial charge >= 0.3 is 0 Å². The molecule has 14 heteroatoms. The summed E-state index contributed by atoms with van der Waals surface area (Å²) in [6.07, 6.45) is 6.21. The van der Waals surface area contributed by atoms with E-state index >= 15 is 0 Å². The van der Waals surface area contributed by atoms with Gasteiger partial charge in [-0.15, -0.1) is 0 Å². The number of hydrogen-bond acceptors (Lipinski definition) is 9. The molecule has 0 unspecified atom stereocenters. The summed E-state index contributed by atoms with van der Waals surface area (Å²) < 4.78 is 0.546. The highest BCUT2D eigenvalue weighted by atomic mass is 35.5. The van der Waals surface area contributed by atoms with Gasteiger partial charge in [-0.1, -0.05) is 54.1 Å². The third-order valence-electron chi connectivity index (χ3n) is 7.23. The summed E-state index contributed by atoms with van der Waals surface area (Å²) in [5.41, 5.74) is 1.56. The molecule has 5 rings (SSSR count).